The molecular formula is C18H22Cl2N4O2. The second kappa shape index (κ2) is 11.3. The zero-order chi connectivity index (χ0) is 19.5. The van der Waals surface area contributed by atoms with E-state index in [0.29, 0.717) is 12.5 Å². The van der Waals surface area contributed by atoms with Gasteiger partial charge in [0.15, 0.2) is 5.34 Å². The van der Waals surface area contributed by atoms with Crippen molar-refractivity contribution >= 4 is 39.8 Å². The van der Waals surface area contributed by atoms with E-state index in [-0.39, 0.29) is 0 Å². The molecule has 140 valence electrons. The predicted octanol–water partition coefficient (Wildman–Crippen LogP) is 5.79. The summed E-state index contributed by atoms with van der Waals surface area (Å²) in [6.45, 7) is 6.22. The van der Waals surface area contributed by atoms with Crippen molar-refractivity contribution in [3.05, 3.63) is 63.1 Å². The Hall–Kier alpha value is -2.31. The normalized spacial score (nSPS) is 9.77. The highest BCUT2D eigenvalue weighted by molar-refractivity contribution is 6.35. The van der Waals surface area contributed by atoms with Gasteiger partial charge in [-0.15, -0.1) is 4.91 Å². The number of hydrogen-bond donors (Lipinski definition) is 2. The number of anilines is 1. The molecule has 3 rings (SSSR count). The number of aromatic amines is 1. The van der Waals surface area contributed by atoms with Gasteiger partial charge in [-0.25, -0.2) is 0 Å². The van der Waals surface area contributed by atoms with Crippen molar-refractivity contribution in [1.29, 1.82) is 0 Å². The number of halogens is 2. The molecule has 1 aromatic heterocycles. The third kappa shape index (κ3) is 7.29. The average Bonchev–Trinajstić information content (AvgIpc) is 3.09. The molecule has 2 aromatic carbocycles. The summed E-state index contributed by atoms with van der Waals surface area (Å²) in [4.78, 5) is 13.4. The van der Waals surface area contributed by atoms with E-state index in [0.717, 1.165) is 32.2 Å². The molecule has 0 amide bonds. The van der Waals surface area contributed by atoms with Crippen LogP contribution in [0.2, 0.25) is 10.0 Å². The van der Waals surface area contributed by atoms with Crippen LogP contribution in [0.4, 0.5) is 5.69 Å². The van der Waals surface area contributed by atoms with Crippen molar-refractivity contribution in [2.24, 2.45) is 11.3 Å². The molecule has 0 atom stereocenters. The van der Waals surface area contributed by atoms with Crippen LogP contribution in [0.3, 0.4) is 0 Å². The SMILES string of the molecule is CC(C)CON=O.Cc1c(N)cccc1Cl.Clc1cccc2[nH]ncc12. The van der Waals surface area contributed by atoms with Crippen LogP contribution in [-0.2, 0) is 4.84 Å². The van der Waals surface area contributed by atoms with E-state index in [1.165, 1.54) is 0 Å². The highest BCUT2D eigenvalue weighted by Gasteiger charge is 1.97. The minimum absolute atomic E-state index is 0.387. The van der Waals surface area contributed by atoms with Gasteiger partial charge in [-0.3, -0.25) is 5.10 Å². The van der Waals surface area contributed by atoms with Crippen molar-refractivity contribution in [3.63, 3.8) is 0 Å². The topological polar surface area (TPSA) is 93.4 Å². The lowest BCUT2D eigenvalue weighted by Gasteiger charge is -1.98. The molecule has 26 heavy (non-hydrogen) atoms. The van der Waals surface area contributed by atoms with Gasteiger partial charge in [-0.2, -0.15) is 5.10 Å². The number of nitrogens with zero attached hydrogens (tertiary/aromatic N) is 2. The van der Waals surface area contributed by atoms with E-state index in [4.69, 9.17) is 28.9 Å². The lowest BCUT2D eigenvalue weighted by atomic mass is 10.2. The third-order valence-corrected chi connectivity index (χ3v) is 3.94. The van der Waals surface area contributed by atoms with Gasteiger partial charge in [0.25, 0.3) is 0 Å². The van der Waals surface area contributed by atoms with Crippen LogP contribution in [0.25, 0.3) is 10.9 Å². The van der Waals surface area contributed by atoms with Gasteiger partial charge in [0.05, 0.1) is 16.7 Å². The van der Waals surface area contributed by atoms with Crippen molar-refractivity contribution in [2.75, 3.05) is 12.3 Å². The number of fused-ring (bicyclic) bond motifs is 1. The lowest BCUT2D eigenvalue weighted by molar-refractivity contribution is 0.114. The maximum Gasteiger partial charge on any atom is 0.155 e. The van der Waals surface area contributed by atoms with E-state index >= 15 is 0 Å². The molecule has 6 nitrogen and oxygen atoms in total. The molecule has 0 aliphatic rings. The van der Waals surface area contributed by atoms with Crippen LogP contribution in [0, 0.1) is 17.7 Å². The first-order chi connectivity index (χ1) is 12.4. The van der Waals surface area contributed by atoms with Crippen LogP contribution in [0.1, 0.15) is 19.4 Å². The monoisotopic (exact) mass is 396 g/mol. The molecule has 0 bridgehead atoms. The number of benzene rings is 2. The number of nitrogen functional groups attached to an aromatic ring is 1. The van der Waals surface area contributed by atoms with E-state index in [1.807, 2.05) is 57.2 Å². The third-order valence-electron chi connectivity index (χ3n) is 3.20. The fourth-order valence-electron chi connectivity index (χ4n) is 1.74. The molecular weight excluding hydrogens is 375 g/mol. The van der Waals surface area contributed by atoms with Crippen molar-refractivity contribution in [2.45, 2.75) is 20.8 Å². The Balaban J connectivity index is 0.000000199. The van der Waals surface area contributed by atoms with Gasteiger partial charge < -0.3 is 10.6 Å². The lowest BCUT2D eigenvalue weighted by Crippen LogP contribution is -1.95. The first kappa shape index (κ1) is 21.7. The van der Waals surface area contributed by atoms with Crippen molar-refractivity contribution in [3.8, 4) is 0 Å². The van der Waals surface area contributed by atoms with Crippen LogP contribution in [0.15, 0.2) is 47.9 Å². The van der Waals surface area contributed by atoms with Gasteiger partial charge in [0.2, 0.25) is 0 Å². The fraction of sp³-hybridized carbons (Fsp3) is 0.278. The second-order valence-electron chi connectivity index (χ2n) is 5.79. The molecule has 3 N–H and O–H groups in total. The Bertz CT molecular complexity index is 802. The summed E-state index contributed by atoms with van der Waals surface area (Å²) >= 11 is 11.6. The minimum Gasteiger partial charge on any atom is -0.398 e. The van der Waals surface area contributed by atoms with Crippen molar-refractivity contribution < 1.29 is 4.84 Å². The standard InChI is InChI=1S/C7H5ClN2.C7H8ClN.C4H9NO2/c8-6-2-1-3-7-5(6)4-9-10-7;1-5-6(8)3-2-4-7(5)9;1-4(2)3-7-5-6/h1-4H,(H,9,10);2-4H,9H2,1H3;4H,3H2,1-2H3. The second-order valence-corrected chi connectivity index (χ2v) is 6.60. The minimum atomic E-state index is 0.387. The largest absolute Gasteiger partial charge is 0.398 e. The first-order valence-electron chi connectivity index (χ1n) is 7.89. The Morgan fingerprint density at radius 1 is 1.19 bits per heavy atom. The van der Waals surface area contributed by atoms with Gasteiger partial charge in [-0.05, 0) is 42.7 Å². The number of nitrogens with two attached hydrogens (primary N) is 1. The van der Waals surface area contributed by atoms with Gasteiger partial charge in [0.1, 0.15) is 6.61 Å². The number of hydrogen-bond acceptors (Lipinski definition) is 5. The number of H-pyrrole nitrogens is 1. The Morgan fingerprint density at radius 3 is 2.35 bits per heavy atom. The van der Waals surface area contributed by atoms with E-state index in [2.05, 4.69) is 20.4 Å². The van der Waals surface area contributed by atoms with Crippen LogP contribution >= 0.6 is 23.2 Å². The summed E-state index contributed by atoms with van der Waals surface area (Å²) in [5.41, 5.74) is 8.23. The molecule has 0 aliphatic heterocycles. The molecule has 1 heterocycles. The van der Waals surface area contributed by atoms with Crippen molar-refractivity contribution in [1.82, 2.24) is 10.2 Å². The molecule has 0 aliphatic carbocycles. The maximum absolute atomic E-state index is 9.24. The maximum atomic E-state index is 9.24. The fourth-order valence-corrected chi connectivity index (χ4v) is 2.14. The smallest absolute Gasteiger partial charge is 0.155 e. The van der Waals surface area contributed by atoms with E-state index in [1.54, 1.807) is 6.20 Å². The van der Waals surface area contributed by atoms with Gasteiger partial charge >= 0.3 is 0 Å². The molecule has 0 saturated heterocycles. The van der Waals surface area contributed by atoms with Crippen LogP contribution in [0.5, 0.6) is 0 Å². The molecule has 3 aromatic rings. The van der Waals surface area contributed by atoms with Crippen LogP contribution in [-0.4, -0.2) is 16.8 Å². The summed E-state index contributed by atoms with van der Waals surface area (Å²) in [5, 5.41) is 11.4. The number of aromatic nitrogens is 2. The summed E-state index contributed by atoms with van der Waals surface area (Å²) in [6.07, 6.45) is 1.72. The Labute approximate surface area is 162 Å². The van der Waals surface area contributed by atoms with Gasteiger partial charge in [-0.1, -0.05) is 49.2 Å². The predicted molar refractivity (Wildman–Crippen MR) is 108 cm³/mol. The Morgan fingerprint density at radius 2 is 1.85 bits per heavy atom. The summed E-state index contributed by atoms with van der Waals surface area (Å²) in [7, 11) is 0. The molecule has 8 heteroatoms. The average molecular weight is 397 g/mol. The molecule has 0 fully saturated rings. The summed E-state index contributed by atoms with van der Waals surface area (Å²) in [6, 6.07) is 11.2. The molecule has 0 radical (unpaired) electrons. The Kier molecular flexibility index (Phi) is 9.47. The summed E-state index contributed by atoms with van der Waals surface area (Å²) < 4.78 is 0. The highest BCUT2D eigenvalue weighted by atomic mass is 35.5. The highest BCUT2D eigenvalue weighted by Crippen LogP contribution is 2.20. The van der Waals surface area contributed by atoms with Crippen LogP contribution < -0.4 is 5.73 Å². The van der Waals surface area contributed by atoms with E-state index in [9.17, 15) is 4.91 Å². The zero-order valence-electron chi connectivity index (χ0n) is 14.9. The first-order valence-corrected chi connectivity index (χ1v) is 8.65. The number of nitrogens with one attached hydrogen (secondary N) is 1. The molecule has 0 unspecified atom stereocenters. The van der Waals surface area contributed by atoms with Gasteiger partial charge in [0, 0.05) is 16.1 Å². The molecule has 0 spiro atoms. The molecule has 0 saturated carbocycles. The van der Waals surface area contributed by atoms with E-state index < -0.39 is 0 Å². The summed E-state index contributed by atoms with van der Waals surface area (Å²) in [5.74, 6) is 0.387. The quantitative estimate of drug-likeness (QED) is 0.332. The zero-order valence-corrected chi connectivity index (χ0v) is 16.4. The number of rotatable bonds is 3.